The fraction of sp³-hybridized carbons (Fsp3) is 0.316. The molecule has 1 fully saturated rings. The molecule has 1 saturated heterocycles. The quantitative estimate of drug-likeness (QED) is 0.623. The van der Waals surface area contributed by atoms with Gasteiger partial charge >= 0.3 is 0 Å². The molecule has 5 heteroatoms. The summed E-state index contributed by atoms with van der Waals surface area (Å²) in [5.74, 6) is 0.127. The average Bonchev–Trinajstić information content (AvgIpc) is 2.57. The molecule has 1 aliphatic rings. The van der Waals surface area contributed by atoms with Crippen LogP contribution in [0.3, 0.4) is 0 Å². The highest BCUT2D eigenvalue weighted by molar-refractivity contribution is 14.1. The summed E-state index contributed by atoms with van der Waals surface area (Å²) in [6.07, 6.45) is 0. The Kier molecular flexibility index (Phi) is 5.35. The van der Waals surface area contributed by atoms with Crippen LogP contribution in [0.15, 0.2) is 36.4 Å². The molecule has 2 aromatic rings. The van der Waals surface area contributed by atoms with Crippen molar-refractivity contribution in [2.75, 3.05) is 31.1 Å². The van der Waals surface area contributed by atoms with E-state index >= 15 is 0 Å². The van der Waals surface area contributed by atoms with Gasteiger partial charge in [0.1, 0.15) is 0 Å². The molecule has 0 spiro atoms. The molecule has 0 bridgehead atoms. The van der Waals surface area contributed by atoms with E-state index in [1.165, 1.54) is 16.8 Å². The molecule has 126 valence electrons. The Morgan fingerprint density at radius 2 is 1.75 bits per heavy atom. The molecule has 0 N–H and O–H groups in total. The topological polar surface area (TPSA) is 23.6 Å². The van der Waals surface area contributed by atoms with Gasteiger partial charge in [0, 0.05) is 40.5 Å². The number of hydrogen-bond acceptors (Lipinski definition) is 2. The van der Waals surface area contributed by atoms with Gasteiger partial charge in [-0.3, -0.25) is 4.79 Å². The van der Waals surface area contributed by atoms with Gasteiger partial charge < -0.3 is 9.80 Å². The van der Waals surface area contributed by atoms with E-state index in [0.717, 1.165) is 40.3 Å². The molecule has 0 radical (unpaired) electrons. The van der Waals surface area contributed by atoms with Crippen molar-refractivity contribution in [1.29, 1.82) is 0 Å². The molecule has 0 saturated carbocycles. The second-order valence-corrected chi connectivity index (χ2v) is 7.79. The molecular weight excluding hydrogens is 435 g/mol. The van der Waals surface area contributed by atoms with E-state index in [-0.39, 0.29) is 5.91 Å². The van der Waals surface area contributed by atoms with Gasteiger partial charge in [0.25, 0.3) is 5.91 Å². The molecule has 0 aromatic heterocycles. The lowest BCUT2D eigenvalue weighted by atomic mass is 10.1. The smallest absolute Gasteiger partial charge is 0.255 e. The molecule has 24 heavy (non-hydrogen) atoms. The van der Waals surface area contributed by atoms with Crippen molar-refractivity contribution in [3.63, 3.8) is 0 Å². The third-order valence-corrected chi connectivity index (χ3v) is 5.56. The molecule has 1 amide bonds. The van der Waals surface area contributed by atoms with Crippen LogP contribution in [0.5, 0.6) is 0 Å². The van der Waals surface area contributed by atoms with Gasteiger partial charge in [-0.25, -0.2) is 0 Å². The van der Waals surface area contributed by atoms with Crippen molar-refractivity contribution in [1.82, 2.24) is 4.90 Å². The van der Waals surface area contributed by atoms with E-state index in [1.807, 2.05) is 42.2 Å². The number of piperazine rings is 1. The van der Waals surface area contributed by atoms with Crippen molar-refractivity contribution < 1.29 is 4.79 Å². The van der Waals surface area contributed by atoms with Gasteiger partial charge in [0.15, 0.2) is 0 Å². The Labute approximate surface area is 161 Å². The zero-order chi connectivity index (χ0) is 17.3. The Hall–Kier alpha value is -1.27. The predicted octanol–water partition coefficient (Wildman–Crippen LogP) is 4.52. The SMILES string of the molecule is Cc1ccc(C(=O)N2CCN(c3cc(Cl)ccc3C)CC2)c(I)c1. The van der Waals surface area contributed by atoms with Crippen molar-refractivity contribution >= 4 is 45.8 Å². The molecule has 2 aromatic carbocycles. The monoisotopic (exact) mass is 454 g/mol. The standard InChI is InChI=1S/C19H20ClIN2O/c1-13-3-6-16(17(21)11-13)19(24)23-9-7-22(8-10-23)18-12-15(20)5-4-14(18)2/h3-6,11-12H,7-10H2,1-2H3. The summed E-state index contributed by atoms with van der Waals surface area (Å²) >= 11 is 8.38. The van der Waals surface area contributed by atoms with Crippen LogP contribution < -0.4 is 4.90 Å². The summed E-state index contributed by atoms with van der Waals surface area (Å²) in [5, 5.41) is 0.753. The van der Waals surface area contributed by atoms with Gasteiger partial charge in [-0.2, -0.15) is 0 Å². The number of nitrogens with zero attached hydrogens (tertiary/aromatic N) is 2. The molecule has 0 unspecified atom stereocenters. The Balaban J connectivity index is 1.70. The van der Waals surface area contributed by atoms with Crippen molar-refractivity contribution in [2.45, 2.75) is 13.8 Å². The van der Waals surface area contributed by atoms with Crippen LogP contribution in [0.1, 0.15) is 21.5 Å². The largest absolute Gasteiger partial charge is 0.368 e. The summed E-state index contributed by atoms with van der Waals surface area (Å²) in [6, 6.07) is 12.0. The summed E-state index contributed by atoms with van der Waals surface area (Å²) < 4.78 is 1.02. The fourth-order valence-electron chi connectivity index (χ4n) is 3.04. The number of benzene rings is 2. The summed E-state index contributed by atoms with van der Waals surface area (Å²) in [5.41, 5.74) is 4.36. The van der Waals surface area contributed by atoms with Crippen LogP contribution in [0, 0.1) is 17.4 Å². The number of hydrogen-bond donors (Lipinski definition) is 0. The van der Waals surface area contributed by atoms with E-state index < -0.39 is 0 Å². The van der Waals surface area contributed by atoms with E-state index in [9.17, 15) is 4.79 Å². The number of amides is 1. The number of anilines is 1. The first kappa shape index (κ1) is 17.5. The molecular formula is C19H20ClIN2O. The Morgan fingerprint density at radius 1 is 1.04 bits per heavy atom. The van der Waals surface area contributed by atoms with E-state index in [1.54, 1.807) is 0 Å². The molecule has 1 heterocycles. The minimum Gasteiger partial charge on any atom is -0.368 e. The summed E-state index contributed by atoms with van der Waals surface area (Å²) in [4.78, 5) is 17.0. The lowest BCUT2D eigenvalue weighted by Gasteiger charge is -2.37. The van der Waals surface area contributed by atoms with Crippen molar-refractivity contribution in [2.24, 2.45) is 0 Å². The minimum atomic E-state index is 0.127. The van der Waals surface area contributed by atoms with Gasteiger partial charge in [-0.05, 0) is 66.3 Å². The van der Waals surface area contributed by atoms with Crippen LogP contribution >= 0.6 is 34.2 Å². The highest BCUT2D eigenvalue weighted by Gasteiger charge is 2.24. The molecule has 1 aliphatic heterocycles. The maximum Gasteiger partial charge on any atom is 0.255 e. The molecule has 3 nitrogen and oxygen atoms in total. The first-order chi connectivity index (χ1) is 11.5. The number of rotatable bonds is 2. The average molecular weight is 455 g/mol. The van der Waals surface area contributed by atoms with Gasteiger partial charge in [0.2, 0.25) is 0 Å². The van der Waals surface area contributed by atoms with E-state index in [2.05, 4.69) is 40.5 Å². The molecule has 0 atom stereocenters. The number of aryl methyl sites for hydroxylation is 2. The van der Waals surface area contributed by atoms with Crippen LogP contribution in [0.4, 0.5) is 5.69 Å². The van der Waals surface area contributed by atoms with Gasteiger partial charge in [-0.1, -0.05) is 29.3 Å². The second kappa shape index (κ2) is 7.31. The zero-order valence-electron chi connectivity index (χ0n) is 13.9. The third kappa shape index (κ3) is 3.70. The lowest BCUT2D eigenvalue weighted by molar-refractivity contribution is 0.0745. The Morgan fingerprint density at radius 3 is 2.42 bits per heavy atom. The number of carbonyl (C=O) groups is 1. The van der Waals surface area contributed by atoms with Gasteiger partial charge in [0.05, 0.1) is 5.56 Å². The lowest BCUT2D eigenvalue weighted by Crippen LogP contribution is -2.49. The Bertz CT molecular complexity index is 770. The van der Waals surface area contributed by atoms with Crippen LogP contribution in [0.2, 0.25) is 5.02 Å². The van der Waals surface area contributed by atoms with E-state index in [4.69, 9.17) is 11.6 Å². The van der Waals surface area contributed by atoms with E-state index in [0.29, 0.717) is 0 Å². The summed E-state index contributed by atoms with van der Waals surface area (Å²) in [6.45, 7) is 7.26. The first-order valence-corrected chi connectivity index (χ1v) is 9.48. The zero-order valence-corrected chi connectivity index (χ0v) is 16.8. The second-order valence-electron chi connectivity index (χ2n) is 6.19. The van der Waals surface area contributed by atoms with Crippen LogP contribution in [0.25, 0.3) is 0 Å². The minimum absolute atomic E-state index is 0.127. The summed E-state index contributed by atoms with van der Waals surface area (Å²) in [7, 11) is 0. The van der Waals surface area contributed by atoms with Crippen LogP contribution in [-0.4, -0.2) is 37.0 Å². The highest BCUT2D eigenvalue weighted by atomic mass is 127. The molecule has 3 rings (SSSR count). The van der Waals surface area contributed by atoms with Crippen molar-refractivity contribution in [3.8, 4) is 0 Å². The number of halogens is 2. The maximum absolute atomic E-state index is 12.8. The third-order valence-electron chi connectivity index (χ3n) is 4.43. The predicted molar refractivity (Wildman–Crippen MR) is 108 cm³/mol. The number of carbonyl (C=O) groups excluding carboxylic acids is 1. The van der Waals surface area contributed by atoms with Gasteiger partial charge in [-0.15, -0.1) is 0 Å². The first-order valence-electron chi connectivity index (χ1n) is 8.02. The highest BCUT2D eigenvalue weighted by Crippen LogP contribution is 2.26. The normalized spacial score (nSPS) is 14.8. The molecule has 0 aliphatic carbocycles. The van der Waals surface area contributed by atoms with Crippen molar-refractivity contribution in [3.05, 3.63) is 61.7 Å². The fourth-order valence-corrected chi connectivity index (χ4v) is 4.11. The maximum atomic E-state index is 12.8. The van der Waals surface area contributed by atoms with Crippen LogP contribution in [-0.2, 0) is 0 Å².